The Kier molecular flexibility index (Phi) is 5.17. The number of rotatable bonds is 6. The third kappa shape index (κ3) is 3.60. The van der Waals surface area contributed by atoms with Crippen molar-refractivity contribution in [1.29, 1.82) is 0 Å². The molecule has 0 aromatic carbocycles. The average Bonchev–Trinajstić information content (AvgIpc) is 2.86. The van der Waals surface area contributed by atoms with Gasteiger partial charge in [0.05, 0.1) is 10.8 Å². The van der Waals surface area contributed by atoms with Gasteiger partial charge in [-0.05, 0) is 43.7 Å². The van der Waals surface area contributed by atoms with Gasteiger partial charge in [0, 0.05) is 11.4 Å². The van der Waals surface area contributed by atoms with Crippen LogP contribution in [-0.2, 0) is 17.6 Å². The minimum Gasteiger partial charge on any atom is -0.481 e. The van der Waals surface area contributed by atoms with Crippen LogP contribution in [0.5, 0.6) is 0 Å². The summed E-state index contributed by atoms with van der Waals surface area (Å²) < 4.78 is 0. The largest absolute Gasteiger partial charge is 0.481 e. The van der Waals surface area contributed by atoms with Crippen molar-refractivity contribution in [3.05, 3.63) is 21.4 Å². The summed E-state index contributed by atoms with van der Waals surface area (Å²) in [6.45, 7) is 2.16. The molecule has 1 unspecified atom stereocenters. The quantitative estimate of drug-likeness (QED) is 0.848. The minimum absolute atomic E-state index is 0.133. The van der Waals surface area contributed by atoms with Crippen LogP contribution in [0.2, 0.25) is 0 Å². The van der Waals surface area contributed by atoms with Crippen molar-refractivity contribution in [3.63, 3.8) is 0 Å². The molecule has 1 aromatic rings. The van der Waals surface area contributed by atoms with Crippen LogP contribution in [0.3, 0.4) is 0 Å². The fourth-order valence-electron chi connectivity index (χ4n) is 2.57. The number of hydrogen-bond donors (Lipinski definition) is 2. The van der Waals surface area contributed by atoms with Gasteiger partial charge >= 0.3 is 5.97 Å². The summed E-state index contributed by atoms with van der Waals surface area (Å²) in [6, 6.07) is 1.98. The normalized spacial score (nSPS) is 15.4. The zero-order valence-electron chi connectivity index (χ0n) is 11.8. The zero-order valence-corrected chi connectivity index (χ0v) is 12.6. The number of aryl methyl sites for hydroxylation is 2. The van der Waals surface area contributed by atoms with Crippen molar-refractivity contribution < 1.29 is 14.7 Å². The highest BCUT2D eigenvalue weighted by molar-refractivity contribution is 7.14. The van der Waals surface area contributed by atoms with Crippen molar-refractivity contribution in [2.24, 2.45) is 5.92 Å². The maximum absolute atomic E-state index is 12.1. The van der Waals surface area contributed by atoms with Crippen LogP contribution in [0.1, 0.15) is 52.7 Å². The molecule has 1 atom stereocenters. The lowest BCUT2D eigenvalue weighted by Crippen LogP contribution is -2.32. The fraction of sp³-hybridized carbons (Fsp3) is 0.600. The van der Waals surface area contributed by atoms with Crippen LogP contribution >= 0.6 is 11.3 Å². The van der Waals surface area contributed by atoms with E-state index in [9.17, 15) is 9.59 Å². The summed E-state index contributed by atoms with van der Waals surface area (Å²) in [4.78, 5) is 25.2. The van der Waals surface area contributed by atoms with Gasteiger partial charge in [0.1, 0.15) is 0 Å². The molecular formula is C15H21NO3S. The number of thiophene rings is 1. The van der Waals surface area contributed by atoms with Crippen LogP contribution in [0.4, 0.5) is 0 Å². The van der Waals surface area contributed by atoms with Crippen molar-refractivity contribution >= 4 is 23.2 Å². The molecule has 1 aliphatic rings. The molecule has 1 amide bonds. The number of hydrogen-bond acceptors (Lipinski definition) is 3. The van der Waals surface area contributed by atoms with Gasteiger partial charge in [0.2, 0.25) is 0 Å². The van der Waals surface area contributed by atoms with E-state index in [0.717, 1.165) is 24.1 Å². The Labute approximate surface area is 123 Å². The zero-order chi connectivity index (χ0) is 14.5. The topological polar surface area (TPSA) is 66.4 Å². The van der Waals surface area contributed by atoms with Gasteiger partial charge in [0.25, 0.3) is 5.91 Å². The Bertz CT molecular complexity index is 472. The van der Waals surface area contributed by atoms with Gasteiger partial charge in [-0.2, -0.15) is 0 Å². The van der Waals surface area contributed by atoms with Crippen LogP contribution in [0, 0.1) is 5.92 Å². The molecule has 0 saturated heterocycles. The van der Waals surface area contributed by atoms with E-state index in [-0.39, 0.29) is 12.5 Å². The molecule has 0 radical (unpaired) electrons. The van der Waals surface area contributed by atoms with Crippen molar-refractivity contribution in [2.75, 3.05) is 6.54 Å². The molecule has 2 rings (SSSR count). The number of carboxylic acids is 1. The predicted molar refractivity (Wildman–Crippen MR) is 79.3 cm³/mol. The molecule has 4 nitrogen and oxygen atoms in total. The van der Waals surface area contributed by atoms with Gasteiger partial charge in [-0.15, -0.1) is 11.3 Å². The Morgan fingerprint density at radius 3 is 2.80 bits per heavy atom. The monoisotopic (exact) mass is 295 g/mol. The Hall–Kier alpha value is -1.36. The molecule has 1 aromatic heterocycles. The number of carbonyl (C=O) groups excluding carboxylic acids is 1. The second kappa shape index (κ2) is 6.88. The molecule has 2 N–H and O–H groups in total. The lowest BCUT2D eigenvalue weighted by atomic mass is 9.99. The summed E-state index contributed by atoms with van der Waals surface area (Å²) in [5.41, 5.74) is 1.30. The first-order valence-corrected chi connectivity index (χ1v) is 8.06. The first-order chi connectivity index (χ1) is 9.61. The Balaban J connectivity index is 1.94. The SMILES string of the molecule is CCCC(CNC(=O)c1cc2c(s1)CCCC2)C(=O)O. The van der Waals surface area contributed by atoms with Crippen LogP contribution in [0.15, 0.2) is 6.07 Å². The highest BCUT2D eigenvalue weighted by atomic mass is 32.1. The molecule has 1 heterocycles. The molecule has 0 bridgehead atoms. The first kappa shape index (κ1) is 15.0. The molecule has 0 spiro atoms. The lowest BCUT2D eigenvalue weighted by Gasteiger charge is -2.11. The van der Waals surface area contributed by atoms with Crippen molar-refractivity contribution in [2.45, 2.75) is 45.4 Å². The number of carbonyl (C=O) groups is 2. The van der Waals surface area contributed by atoms with Crippen LogP contribution in [-0.4, -0.2) is 23.5 Å². The van der Waals surface area contributed by atoms with Crippen molar-refractivity contribution in [3.8, 4) is 0 Å². The van der Waals surface area contributed by atoms with E-state index in [1.54, 1.807) is 11.3 Å². The Morgan fingerprint density at radius 1 is 1.40 bits per heavy atom. The molecule has 20 heavy (non-hydrogen) atoms. The highest BCUT2D eigenvalue weighted by Gasteiger charge is 2.20. The van der Waals surface area contributed by atoms with Gasteiger partial charge < -0.3 is 10.4 Å². The van der Waals surface area contributed by atoms with Crippen LogP contribution in [0.25, 0.3) is 0 Å². The summed E-state index contributed by atoms with van der Waals surface area (Å²) in [5, 5.41) is 11.8. The molecule has 0 saturated carbocycles. The average molecular weight is 295 g/mol. The van der Waals surface area contributed by atoms with Gasteiger partial charge in [-0.25, -0.2) is 0 Å². The highest BCUT2D eigenvalue weighted by Crippen LogP contribution is 2.29. The smallest absolute Gasteiger partial charge is 0.308 e. The predicted octanol–water partition coefficient (Wildman–Crippen LogP) is 2.86. The maximum Gasteiger partial charge on any atom is 0.308 e. The molecule has 5 heteroatoms. The lowest BCUT2D eigenvalue weighted by molar-refractivity contribution is -0.141. The fourth-order valence-corrected chi connectivity index (χ4v) is 3.74. The number of nitrogens with one attached hydrogen (secondary N) is 1. The summed E-state index contributed by atoms with van der Waals surface area (Å²) in [5.74, 6) is -1.46. The summed E-state index contributed by atoms with van der Waals surface area (Å²) in [7, 11) is 0. The molecule has 1 aliphatic carbocycles. The first-order valence-electron chi connectivity index (χ1n) is 7.24. The van der Waals surface area contributed by atoms with E-state index < -0.39 is 11.9 Å². The van der Waals surface area contributed by atoms with E-state index in [0.29, 0.717) is 6.42 Å². The number of amides is 1. The number of aliphatic carboxylic acids is 1. The second-order valence-corrected chi connectivity index (χ2v) is 6.44. The van der Waals surface area contributed by atoms with E-state index in [2.05, 4.69) is 5.32 Å². The van der Waals surface area contributed by atoms with E-state index >= 15 is 0 Å². The van der Waals surface area contributed by atoms with E-state index in [4.69, 9.17) is 5.11 Å². The summed E-state index contributed by atoms with van der Waals surface area (Å²) in [6.07, 6.45) is 5.93. The number of carboxylic acid groups (broad SMARTS) is 1. The third-order valence-corrected chi connectivity index (χ3v) is 4.95. The minimum atomic E-state index is -0.836. The molecular weight excluding hydrogens is 274 g/mol. The maximum atomic E-state index is 12.1. The van der Waals surface area contributed by atoms with E-state index in [1.165, 1.54) is 23.3 Å². The van der Waals surface area contributed by atoms with Crippen LogP contribution < -0.4 is 5.32 Å². The standard InChI is InChI=1S/C15H21NO3S/c1-2-5-11(15(18)19)9-16-14(17)13-8-10-6-3-4-7-12(10)20-13/h8,11H,2-7,9H2,1H3,(H,16,17)(H,18,19). The molecule has 0 fully saturated rings. The third-order valence-electron chi connectivity index (χ3n) is 3.72. The van der Waals surface area contributed by atoms with Gasteiger partial charge in [-0.1, -0.05) is 13.3 Å². The van der Waals surface area contributed by atoms with Gasteiger partial charge in [0.15, 0.2) is 0 Å². The van der Waals surface area contributed by atoms with E-state index in [1.807, 2.05) is 13.0 Å². The van der Waals surface area contributed by atoms with Crippen molar-refractivity contribution in [1.82, 2.24) is 5.32 Å². The molecule has 0 aliphatic heterocycles. The van der Waals surface area contributed by atoms with Gasteiger partial charge in [-0.3, -0.25) is 9.59 Å². The second-order valence-electron chi connectivity index (χ2n) is 5.30. The molecule has 110 valence electrons. The summed E-state index contributed by atoms with van der Waals surface area (Å²) >= 11 is 1.56. The Morgan fingerprint density at radius 2 is 2.15 bits per heavy atom. The number of fused-ring (bicyclic) bond motifs is 1.